The van der Waals surface area contributed by atoms with Gasteiger partial charge in [-0.3, -0.25) is 9.78 Å². The number of ether oxygens (including phenoxy) is 2. The number of benzene rings is 1. The summed E-state index contributed by atoms with van der Waals surface area (Å²) < 4.78 is 10.3. The van der Waals surface area contributed by atoms with Crippen LogP contribution >= 0.6 is 0 Å². The van der Waals surface area contributed by atoms with Crippen LogP contribution in [0.2, 0.25) is 0 Å². The van der Waals surface area contributed by atoms with Crippen molar-refractivity contribution in [2.75, 3.05) is 7.11 Å². The monoisotopic (exact) mass is 256 g/mol. The second kappa shape index (κ2) is 4.94. The molecule has 0 spiro atoms. The average molecular weight is 256 g/mol. The Hall–Kier alpha value is -2.61. The quantitative estimate of drug-likeness (QED) is 0.609. The number of hydrogen-bond acceptors (Lipinski definition) is 5. The molecule has 2 rings (SSSR count). The van der Waals surface area contributed by atoms with E-state index in [1.165, 1.54) is 20.2 Å². The lowest BCUT2D eigenvalue weighted by molar-refractivity contribution is -0.131. The molecule has 2 aromatic rings. The molecule has 0 fully saturated rings. The largest absolute Gasteiger partial charge is 0.493 e. The molecule has 0 aliphatic heterocycles. The molecule has 1 heterocycles. The van der Waals surface area contributed by atoms with Crippen LogP contribution in [0.3, 0.4) is 0 Å². The number of aromatic nitrogens is 1. The van der Waals surface area contributed by atoms with Gasteiger partial charge in [-0.25, -0.2) is 0 Å². The molecule has 1 aromatic heterocycles. The molecule has 0 saturated carbocycles. The Kier molecular flexibility index (Phi) is 3.34. The smallest absolute Gasteiger partial charge is 0.308 e. The number of hydrogen-bond donors (Lipinski definition) is 0. The molecule has 19 heavy (non-hydrogen) atoms. The first-order valence-corrected chi connectivity index (χ1v) is 5.62. The first kappa shape index (κ1) is 12.8. The van der Waals surface area contributed by atoms with E-state index in [2.05, 4.69) is 11.1 Å². The predicted octanol–water partition coefficient (Wildman–Crippen LogP) is 2.35. The zero-order chi connectivity index (χ0) is 14.0. The van der Waals surface area contributed by atoms with Gasteiger partial charge in [-0.2, -0.15) is 5.26 Å². The van der Waals surface area contributed by atoms with E-state index in [9.17, 15) is 4.79 Å². The molecule has 0 aliphatic rings. The predicted molar refractivity (Wildman–Crippen MR) is 69.1 cm³/mol. The SMILES string of the molecule is COc1cc2c(C)c(C#N)cnc2cc1OC(C)=O. The summed E-state index contributed by atoms with van der Waals surface area (Å²) in [6, 6.07) is 5.43. The molecule has 1 aromatic carbocycles. The molecule has 0 unspecified atom stereocenters. The third-order valence-electron chi connectivity index (χ3n) is 2.80. The van der Waals surface area contributed by atoms with Crippen LogP contribution in [0.1, 0.15) is 18.1 Å². The van der Waals surface area contributed by atoms with Gasteiger partial charge in [0.15, 0.2) is 11.5 Å². The summed E-state index contributed by atoms with van der Waals surface area (Å²) in [7, 11) is 1.49. The van der Waals surface area contributed by atoms with Crippen LogP contribution < -0.4 is 9.47 Å². The number of nitrogens with zero attached hydrogens (tertiary/aromatic N) is 2. The number of carbonyl (C=O) groups excluding carboxylic acids is 1. The summed E-state index contributed by atoms with van der Waals surface area (Å²) in [5.74, 6) is 0.324. The van der Waals surface area contributed by atoms with Gasteiger partial charge in [-0.15, -0.1) is 0 Å². The summed E-state index contributed by atoms with van der Waals surface area (Å²) in [5, 5.41) is 9.79. The van der Waals surface area contributed by atoms with Crippen molar-refractivity contribution in [2.45, 2.75) is 13.8 Å². The van der Waals surface area contributed by atoms with E-state index >= 15 is 0 Å². The van der Waals surface area contributed by atoms with E-state index in [0.717, 1.165) is 10.9 Å². The molecular weight excluding hydrogens is 244 g/mol. The van der Waals surface area contributed by atoms with Crippen molar-refractivity contribution in [1.82, 2.24) is 4.98 Å². The number of fused-ring (bicyclic) bond motifs is 1. The number of methoxy groups -OCH3 is 1. The van der Waals surface area contributed by atoms with Crippen LogP contribution in [-0.2, 0) is 4.79 Å². The van der Waals surface area contributed by atoms with Crippen molar-refractivity contribution in [1.29, 1.82) is 5.26 Å². The zero-order valence-corrected chi connectivity index (χ0v) is 10.9. The Balaban J connectivity index is 2.71. The number of esters is 1. The van der Waals surface area contributed by atoms with Crippen molar-refractivity contribution < 1.29 is 14.3 Å². The minimum absolute atomic E-state index is 0.319. The highest BCUT2D eigenvalue weighted by Crippen LogP contribution is 2.33. The maximum atomic E-state index is 11.0. The Morgan fingerprint density at radius 3 is 2.68 bits per heavy atom. The van der Waals surface area contributed by atoms with Gasteiger partial charge in [-0.05, 0) is 18.6 Å². The molecule has 0 atom stereocenters. The van der Waals surface area contributed by atoms with E-state index in [0.29, 0.717) is 22.6 Å². The Bertz CT molecular complexity index is 702. The summed E-state index contributed by atoms with van der Waals surface area (Å²) in [5.41, 5.74) is 1.98. The third-order valence-corrected chi connectivity index (χ3v) is 2.80. The molecule has 0 aliphatic carbocycles. The van der Waals surface area contributed by atoms with Gasteiger partial charge in [0.25, 0.3) is 0 Å². The lowest BCUT2D eigenvalue weighted by Crippen LogP contribution is -2.03. The molecule has 96 valence electrons. The third kappa shape index (κ3) is 2.33. The number of rotatable bonds is 2. The first-order valence-electron chi connectivity index (χ1n) is 5.62. The van der Waals surface area contributed by atoms with Crippen molar-refractivity contribution in [3.63, 3.8) is 0 Å². The number of carbonyl (C=O) groups is 1. The lowest BCUT2D eigenvalue weighted by Gasteiger charge is -2.11. The van der Waals surface area contributed by atoms with Gasteiger partial charge in [-0.1, -0.05) is 0 Å². The molecule has 0 radical (unpaired) electrons. The van der Waals surface area contributed by atoms with Crippen LogP contribution in [0.25, 0.3) is 10.9 Å². The molecule has 5 heteroatoms. The van der Waals surface area contributed by atoms with E-state index in [1.807, 2.05) is 6.92 Å². The van der Waals surface area contributed by atoms with Gasteiger partial charge in [0, 0.05) is 24.6 Å². The van der Waals surface area contributed by atoms with Gasteiger partial charge < -0.3 is 9.47 Å². The van der Waals surface area contributed by atoms with Crippen LogP contribution in [-0.4, -0.2) is 18.1 Å². The Morgan fingerprint density at radius 2 is 2.11 bits per heavy atom. The summed E-state index contributed by atoms with van der Waals surface area (Å²) in [4.78, 5) is 15.2. The van der Waals surface area contributed by atoms with Crippen LogP contribution in [0.4, 0.5) is 0 Å². The Labute approximate surface area is 110 Å². The number of pyridine rings is 1. The molecule has 5 nitrogen and oxygen atoms in total. The highest BCUT2D eigenvalue weighted by Gasteiger charge is 2.12. The fourth-order valence-electron chi connectivity index (χ4n) is 1.84. The maximum Gasteiger partial charge on any atom is 0.308 e. The van der Waals surface area contributed by atoms with Crippen LogP contribution in [0.15, 0.2) is 18.3 Å². The fourth-order valence-corrected chi connectivity index (χ4v) is 1.84. The summed E-state index contributed by atoms with van der Waals surface area (Å²) >= 11 is 0. The minimum atomic E-state index is -0.428. The summed E-state index contributed by atoms with van der Waals surface area (Å²) in [6.07, 6.45) is 1.50. The van der Waals surface area contributed by atoms with Gasteiger partial charge in [0.2, 0.25) is 0 Å². The molecule has 0 bridgehead atoms. The maximum absolute atomic E-state index is 11.0. The second-order valence-corrected chi connectivity index (χ2v) is 4.02. The van der Waals surface area contributed by atoms with Gasteiger partial charge in [0.1, 0.15) is 6.07 Å². The van der Waals surface area contributed by atoms with Gasteiger partial charge >= 0.3 is 5.97 Å². The first-order chi connectivity index (χ1) is 9.06. The topological polar surface area (TPSA) is 72.2 Å². The zero-order valence-electron chi connectivity index (χ0n) is 10.9. The highest BCUT2D eigenvalue weighted by molar-refractivity contribution is 5.87. The normalized spacial score (nSPS) is 10.0. The van der Waals surface area contributed by atoms with E-state index in [-0.39, 0.29) is 0 Å². The van der Waals surface area contributed by atoms with E-state index in [1.54, 1.807) is 12.1 Å². The van der Waals surface area contributed by atoms with Crippen LogP contribution in [0, 0.1) is 18.3 Å². The van der Waals surface area contributed by atoms with Crippen LogP contribution in [0.5, 0.6) is 11.5 Å². The molecule has 0 amide bonds. The van der Waals surface area contributed by atoms with Crippen molar-refractivity contribution in [2.24, 2.45) is 0 Å². The lowest BCUT2D eigenvalue weighted by atomic mass is 10.1. The minimum Gasteiger partial charge on any atom is -0.493 e. The van der Waals surface area contributed by atoms with Crippen molar-refractivity contribution >= 4 is 16.9 Å². The van der Waals surface area contributed by atoms with Crippen molar-refractivity contribution in [3.05, 3.63) is 29.5 Å². The standard InChI is InChI=1S/C14H12N2O3/c1-8-10(6-15)7-16-12-5-14(19-9(2)17)13(18-3)4-11(8)12/h4-5,7H,1-3H3. The van der Waals surface area contributed by atoms with E-state index < -0.39 is 5.97 Å². The molecular formula is C14H12N2O3. The fraction of sp³-hybridized carbons (Fsp3) is 0.214. The highest BCUT2D eigenvalue weighted by atomic mass is 16.6. The number of aryl methyl sites for hydroxylation is 1. The van der Waals surface area contributed by atoms with Gasteiger partial charge in [0.05, 0.1) is 18.2 Å². The number of nitriles is 1. The summed E-state index contributed by atoms with van der Waals surface area (Å²) in [6.45, 7) is 3.16. The molecule has 0 saturated heterocycles. The Morgan fingerprint density at radius 1 is 1.37 bits per heavy atom. The average Bonchev–Trinajstić information content (AvgIpc) is 2.38. The van der Waals surface area contributed by atoms with E-state index in [4.69, 9.17) is 14.7 Å². The second-order valence-electron chi connectivity index (χ2n) is 4.02. The van der Waals surface area contributed by atoms with Crippen molar-refractivity contribution in [3.8, 4) is 17.6 Å². The molecule has 0 N–H and O–H groups in total.